The fourth-order valence-corrected chi connectivity index (χ4v) is 4.96. The summed E-state index contributed by atoms with van der Waals surface area (Å²) >= 11 is 0. The van der Waals surface area contributed by atoms with Gasteiger partial charge in [-0.2, -0.15) is 0 Å². The topological polar surface area (TPSA) is 117 Å². The number of aliphatic hydroxyl groups is 3. The number of hydrogen-bond acceptors (Lipinski definition) is 8. The maximum atomic E-state index is 11.5. The Hall–Kier alpha value is -3.34. The molecule has 0 radical (unpaired) electrons. The van der Waals surface area contributed by atoms with Gasteiger partial charge in [0.15, 0.2) is 11.5 Å². The van der Waals surface area contributed by atoms with E-state index in [0.717, 1.165) is 16.3 Å². The van der Waals surface area contributed by atoms with Gasteiger partial charge in [0.25, 0.3) is 11.6 Å². The van der Waals surface area contributed by atoms with Crippen molar-refractivity contribution in [3.8, 4) is 17.2 Å². The average molecular weight is 479 g/mol. The third-order valence-corrected chi connectivity index (χ3v) is 6.81. The predicted molar refractivity (Wildman–Crippen MR) is 127 cm³/mol. The SMILES string of the molecule is COc1ccccc1OCCN1COC(C(O)(O)C2(O)Oc3ccc2c2[nH]c4ccccc4c32)C1. The molecule has 3 aliphatic rings. The molecule has 1 aromatic heterocycles. The summed E-state index contributed by atoms with van der Waals surface area (Å²) in [7, 11) is 1.58. The molecule has 2 unspecified atom stereocenters. The molecule has 3 aliphatic heterocycles. The van der Waals surface area contributed by atoms with Crippen LogP contribution in [0.5, 0.6) is 17.2 Å². The van der Waals surface area contributed by atoms with Crippen molar-refractivity contribution in [3.63, 3.8) is 0 Å². The lowest BCUT2D eigenvalue weighted by atomic mass is 9.88. The number of H-pyrrole nitrogens is 1. The zero-order valence-electron chi connectivity index (χ0n) is 19.1. The van der Waals surface area contributed by atoms with Crippen LogP contribution in [0.4, 0.5) is 0 Å². The van der Waals surface area contributed by atoms with Crippen molar-refractivity contribution in [3.05, 3.63) is 66.2 Å². The molecule has 0 saturated carbocycles. The summed E-state index contributed by atoms with van der Waals surface area (Å²) in [6.07, 6.45) is -1.12. The van der Waals surface area contributed by atoms with Crippen molar-refractivity contribution in [1.29, 1.82) is 0 Å². The Morgan fingerprint density at radius 3 is 2.69 bits per heavy atom. The maximum absolute atomic E-state index is 11.5. The van der Waals surface area contributed by atoms with Crippen molar-refractivity contribution in [1.82, 2.24) is 9.88 Å². The average Bonchev–Trinajstić information content (AvgIpc) is 3.51. The molecule has 7 rings (SSSR count). The van der Waals surface area contributed by atoms with Gasteiger partial charge in [0.1, 0.15) is 18.5 Å². The van der Waals surface area contributed by atoms with Gasteiger partial charge >= 0.3 is 0 Å². The normalized spacial score (nSPS) is 22.1. The molecule has 4 N–H and O–H groups in total. The third kappa shape index (κ3) is 3.35. The number of benzene rings is 3. The first kappa shape index (κ1) is 22.1. The smallest absolute Gasteiger partial charge is 0.294 e. The van der Waals surface area contributed by atoms with Gasteiger partial charge in [0.2, 0.25) is 0 Å². The van der Waals surface area contributed by atoms with Gasteiger partial charge in [-0.3, -0.25) is 4.90 Å². The zero-order valence-corrected chi connectivity index (χ0v) is 19.1. The van der Waals surface area contributed by atoms with Crippen LogP contribution in [0.15, 0.2) is 60.7 Å². The Morgan fingerprint density at radius 2 is 1.86 bits per heavy atom. The molecule has 2 bridgehead atoms. The molecule has 3 aromatic carbocycles. The highest BCUT2D eigenvalue weighted by atomic mass is 16.7. The Kier molecular flexibility index (Phi) is 5.13. The van der Waals surface area contributed by atoms with Crippen LogP contribution in [0, 0.1) is 0 Å². The van der Waals surface area contributed by atoms with Crippen molar-refractivity contribution >= 4 is 21.8 Å². The van der Waals surface area contributed by atoms with Gasteiger partial charge in [-0.1, -0.05) is 30.3 Å². The lowest BCUT2D eigenvalue weighted by molar-refractivity contribution is -0.380. The lowest BCUT2D eigenvalue weighted by Gasteiger charge is -2.44. The van der Waals surface area contributed by atoms with E-state index in [9.17, 15) is 15.3 Å². The van der Waals surface area contributed by atoms with Gasteiger partial charge in [0.05, 0.1) is 30.3 Å². The zero-order chi connectivity index (χ0) is 24.2. The largest absolute Gasteiger partial charge is 0.493 e. The van der Waals surface area contributed by atoms with Gasteiger partial charge in [-0.05, 0) is 30.3 Å². The van der Waals surface area contributed by atoms with E-state index < -0.39 is 17.7 Å². The number of aromatic amines is 1. The highest BCUT2D eigenvalue weighted by Gasteiger charge is 2.62. The van der Waals surface area contributed by atoms with E-state index >= 15 is 0 Å². The molecule has 4 aromatic rings. The number of nitrogens with one attached hydrogen (secondary N) is 1. The van der Waals surface area contributed by atoms with Crippen molar-refractivity contribution in [2.75, 3.05) is 33.5 Å². The summed E-state index contributed by atoms with van der Waals surface area (Å²) in [5.74, 6) is -3.49. The van der Waals surface area contributed by atoms with E-state index in [1.54, 1.807) is 19.2 Å². The van der Waals surface area contributed by atoms with E-state index in [4.69, 9.17) is 18.9 Å². The number of rotatable bonds is 7. The number of fused-ring (bicyclic) bond motifs is 3. The van der Waals surface area contributed by atoms with Gasteiger partial charge in [0, 0.05) is 24.0 Å². The number of nitrogens with zero attached hydrogens (tertiary/aromatic N) is 1. The minimum Gasteiger partial charge on any atom is -0.493 e. The second kappa shape index (κ2) is 8.11. The summed E-state index contributed by atoms with van der Waals surface area (Å²) < 4.78 is 22.6. The van der Waals surface area contributed by atoms with E-state index in [0.29, 0.717) is 35.9 Å². The Labute approximate surface area is 201 Å². The molecule has 182 valence electrons. The fraction of sp³-hybridized carbons (Fsp3) is 0.308. The molecule has 1 saturated heterocycles. The molecule has 9 nitrogen and oxygen atoms in total. The molecule has 0 aliphatic carbocycles. The van der Waals surface area contributed by atoms with Crippen molar-refractivity contribution < 1.29 is 34.3 Å². The Morgan fingerprint density at radius 1 is 1.09 bits per heavy atom. The van der Waals surface area contributed by atoms with Crippen LogP contribution in [0.25, 0.3) is 21.8 Å². The van der Waals surface area contributed by atoms with Crippen LogP contribution in [0.3, 0.4) is 0 Å². The van der Waals surface area contributed by atoms with Gasteiger partial charge < -0.3 is 39.3 Å². The summed E-state index contributed by atoms with van der Waals surface area (Å²) in [5, 5.41) is 35.6. The van der Waals surface area contributed by atoms with E-state index in [-0.39, 0.29) is 18.8 Å². The first-order valence-electron chi connectivity index (χ1n) is 11.4. The fourth-order valence-electron chi connectivity index (χ4n) is 4.96. The second-order valence-corrected chi connectivity index (χ2v) is 8.86. The molecule has 35 heavy (non-hydrogen) atoms. The molecule has 4 heterocycles. The number of hydrogen-bond donors (Lipinski definition) is 4. The summed E-state index contributed by atoms with van der Waals surface area (Å²) in [6, 6.07) is 18.4. The number of para-hydroxylation sites is 3. The van der Waals surface area contributed by atoms with E-state index in [2.05, 4.69) is 4.98 Å². The van der Waals surface area contributed by atoms with Gasteiger partial charge in [-0.15, -0.1) is 0 Å². The molecular weight excluding hydrogens is 452 g/mol. The number of methoxy groups -OCH3 is 1. The van der Waals surface area contributed by atoms with Crippen LogP contribution in [-0.2, 0) is 10.5 Å². The van der Waals surface area contributed by atoms with E-state index in [1.807, 2.05) is 53.4 Å². The molecule has 1 fully saturated rings. The highest BCUT2D eigenvalue weighted by Crippen LogP contribution is 2.50. The first-order chi connectivity index (χ1) is 16.9. The Balaban J connectivity index is 1.20. The quantitative estimate of drug-likeness (QED) is 0.299. The van der Waals surface area contributed by atoms with Crippen molar-refractivity contribution in [2.45, 2.75) is 17.7 Å². The maximum Gasteiger partial charge on any atom is 0.294 e. The van der Waals surface area contributed by atoms with Gasteiger partial charge in [-0.25, -0.2) is 0 Å². The molecule has 2 atom stereocenters. The summed E-state index contributed by atoms with van der Waals surface area (Å²) in [5.41, 5.74) is 1.71. The lowest BCUT2D eigenvalue weighted by Crippen LogP contribution is -2.64. The Bertz CT molecular complexity index is 1400. The van der Waals surface area contributed by atoms with Crippen molar-refractivity contribution in [2.24, 2.45) is 0 Å². The molecule has 0 spiro atoms. The van der Waals surface area contributed by atoms with Crippen LogP contribution in [0.1, 0.15) is 5.56 Å². The highest BCUT2D eigenvalue weighted by molar-refractivity contribution is 6.12. The minimum absolute atomic E-state index is 0.151. The second-order valence-electron chi connectivity index (χ2n) is 8.86. The molecule has 9 heteroatoms. The summed E-state index contributed by atoms with van der Waals surface area (Å²) in [4.78, 5) is 5.15. The van der Waals surface area contributed by atoms with E-state index in [1.165, 1.54) is 0 Å². The number of aromatic nitrogens is 1. The minimum atomic E-state index is -2.72. The van der Waals surface area contributed by atoms with Crippen LogP contribution in [0.2, 0.25) is 0 Å². The third-order valence-electron chi connectivity index (χ3n) is 6.81. The monoisotopic (exact) mass is 478 g/mol. The standard InChI is InChI=1S/C26H26N2O7/c1-32-19-8-4-5-9-20(19)33-13-12-28-14-22(34-15-28)25(29,30)26(31)17-10-11-21(35-26)23-16-6-2-3-7-18(16)27-24(17)23/h2-11,22,27,29-31H,12-15H2,1H3. The number of ether oxygens (including phenoxy) is 4. The van der Waals surface area contributed by atoms with Crippen LogP contribution < -0.4 is 14.2 Å². The predicted octanol–water partition coefficient (Wildman–Crippen LogP) is 2.29. The molecular formula is C26H26N2O7. The summed E-state index contributed by atoms with van der Waals surface area (Å²) in [6.45, 7) is 1.14. The van der Waals surface area contributed by atoms with Crippen LogP contribution >= 0.6 is 0 Å². The molecule has 0 amide bonds. The first-order valence-corrected chi connectivity index (χ1v) is 11.4. The van der Waals surface area contributed by atoms with Crippen LogP contribution in [-0.4, -0.2) is 70.6 Å².